The number of hydrogen-bond donors (Lipinski definition) is 1. The van der Waals surface area contributed by atoms with Gasteiger partial charge in [0.25, 0.3) is 0 Å². The number of benzene rings is 2. The molecule has 0 aliphatic carbocycles. The van der Waals surface area contributed by atoms with Crippen molar-refractivity contribution in [1.82, 2.24) is 0 Å². The highest BCUT2D eigenvalue weighted by atomic mass is 35.5. The van der Waals surface area contributed by atoms with Gasteiger partial charge in [0.05, 0.1) is 0 Å². The van der Waals surface area contributed by atoms with E-state index in [0.29, 0.717) is 16.3 Å². The number of ketones is 1. The van der Waals surface area contributed by atoms with E-state index < -0.39 is 12.1 Å². The van der Waals surface area contributed by atoms with Crippen LogP contribution in [0.25, 0.3) is 6.08 Å². The van der Waals surface area contributed by atoms with Crippen molar-refractivity contribution in [2.75, 3.05) is 0 Å². The standard InChI is InChI=1S/C18H15ClO4/c1-12(18(21)22)23-16-8-6-14(7-9-16)17(20)10-5-13-3-2-4-15(19)11-13/h2-12H,1H3,(H,21,22)/b10-5+. The maximum Gasteiger partial charge on any atom is 0.344 e. The molecule has 23 heavy (non-hydrogen) atoms. The minimum atomic E-state index is -1.05. The van der Waals surface area contributed by atoms with Crippen molar-refractivity contribution in [2.45, 2.75) is 13.0 Å². The Morgan fingerprint density at radius 3 is 2.48 bits per heavy atom. The second-order valence-corrected chi connectivity index (χ2v) is 5.31. The van der Waals surface area contributed by atoms with Gasteiger partial charge in [-0.2, -0.15) is 0 Å². The molecule has 0 amide bonds. The smallest absolute Gasteiger partial charge is 0.344 e. The number of allylic oxidation sites excluding steroid dienone is 1. The van der Waals surface area contributed by atoms with Gasteiger partial charge in [-0.05, 0) is 55.0 Å². The third-order valence-electron chi connectivity index (χ3n) is 3.08. The summed E-state index contributed by atoms with van der Waals surface area (Å²) in [6.07, 6.45) is 2.20. The summed E-state index contributed by atoms with van der Waals surface area (Å²) in [7, 11) is 0. The van der Waals surface area contributed by atoms with Gasteiger partial charge in [0.1, 0.15) is 5.75 Å². The molecule has 1 N–H and O–H groups in total. The molecule has 2 aromatic carbocycles. The highest BCUT2D eigenvalue weighted by molar-refractivity contribution is 6.30. The Hall–Kier alpha value is -2.59. The van der Waals surface area contributed by atoms with E-state index in [-0.39, 0.29) is 5.78 Å². The zero-order valence-electron chi connectivity index (χ0n) is 12.4. The molecule has 0 spiro atoms. The molecule has 5 heteroatoms. The van der Waals surface area contributed by atoms with Gasteiger partial charge in [0, 0.05) is 10.6 Å². The summed E-state index contributed by atoms with van der Waals surface area (Å²) in [4.78, 5) is 22.8. The molecule has 1 atom stereocenters. The molecular weight excluding hydrogens is 316 g/mol. The predicted molar refractivity (Wildman–Crippen MR) is 89.0 cm³/mol. The van der Waals surface area contributed by atoms with E-state index in [1.54, 1.807) is 42.5 Å². The van der Waals surface area contributed by atoms with E-state index in [1.165, 1.54) is 13.0 Å². The van der Waals surface area contributed by atoms with Crippen LogP contribution in [0.4, 0.5) is 0 Å². The van der Waals surface area contributed by atoms with Crippen molar-refractivity contribution in [2.24, 2.45) is 0 Å². The Morgan fingerprint density at radius 1 is 1.17 bits per heavy atom. The van der Waals surface area contributed by atoms with Gasteiger partial charge in [0.2, 0.25) is 0 Å². The van der Waals surface area contributed by atoms with Crippen LogP contribution < -0.4 is 4.74 Å². The summed E-state index contributed by atoms with van der Waals surface area (Å²) in [5, 5.41) is 9.39. The summed E-state index contributed by atoms with van der Waals surface area (Å²) in [6.45, 7) is 1.44. The summed E-state index contributed by atoms with van der Waals surface area (Å²) in [6, 6.07) is 13.5. The normalized spacial score (nSPS) is 12.1. The summed E-state index contributed by atoms with van der Waals surface area (Å²) in [5.41, 5.74) is 1.32. The number of carbonyl (C=O) groups excluding carboxylic acids is 1. The van der Waals surface area contributed by atoms with E-state index in [4.69, 9.17) is 21.4 Å². The van der Waals surface area contributed by atoms with Crippen LogP contribution in [0.15, 0.2) is 54.6 Å². The lowest BCUT2D eigenvalue weighted by atomic mass is 10.1. The van der Waals surface area contributed by atoms with Gasteiger partial charge in [-0.25, -0.2) is 4.79 Å². The molecule has 0 fully saturated rings. The van der Waals surface area contributed by atoms with Crippen LogP contribution in [0.3, 0.4) is 0 Å². The molecule has 0 saturated carbocycles. The monoisotopic (exact) mass is 330 g/mol. The molecule has 0 bridgehead atoms. The number of carbonyl (C=O) groups is 2. The zero-order chi connectivity index (χ0) is 16.8. The first-order valence-electron chi connectivity index (χ1n) is 6.93. The number of carboxylic acids is 1. The molecule has 4 nitrogen and oxygen atoms in total. The Kier molecular flexibility index (Phi) is 5.55. The van der Waals surface area contributed by atoms with Crippen LogP contribution in [0, 0.1) is 0 Å². The van der Waals surface area contributed by atoms with Gasteiger partial charge in [-0.1, -0.05) is 29.8 Å². The molecule has 0 radical (unpaired) electrons. The zero-order valence-corrected chi connectivity index (χ0v) is 13.2. The Bertz CT molecular complexity index is 735. The van der Waals surface area contributed by atoms with Crippen LogP contribution >= 0.6 is 11.6 Å². The molecule has 0 aliphatic heterocycles. The summed E-state index contributed by atoms with van der Waals surface area (Å²) < 4.78 is 5.21. The second kappa shape index (κ2) is 7.61. The number of rotatable bonds is 6. The number of ether oxygens (including phenoxy) is 1. The van der Waals surface area contributed by atoms with Crippen molar-refractivity contribution in [3.05, 3.63) is 70.8 Å². The van der Waals surface area contributed by atoms with Crippen LogP contribution in [-0.4, -0.2) is 23.0 Å². The van der Waals surface area contributed by atoms with E-state index in [1.807, 2.05) is 12.1 Å². The average Bonchev–Trinajstić information content (AvgIpc) is 2.53. The van der Waals surface area contributed by atoms with Gasteiger partial charge in [-0.15, -0.1) is 0 Å². The second-order valence-electron chi connectivity index (χ2n) is 4.88. The van der Waals surface area contributed by atoms with Crippen molar-refractivity contribution < 1.29 is 19.4 Å². The number of carboxylic acid groups (broad SMARTS) is 1. The predicted octanol–water partition coefficient (Wildman–Crippen LogP) is 4.09. The van der Waals surface area contributed by atoms with Crippen molar-refractivity contribution >= 4 is 29.4 Å². The molecule has 0 heterocycles. The third kappa shape index (κ3) is 4.97. The first-order valence-corrected chi connectivity index (χ1v) is 7.31. The molecule has 1 unspecified atom stereocenters. The maximum absolute atomic E-state index is 12.1. The van der Waals surface area contributed by atoms with Crippen molar-refractivity contribution in [3.8, 4) is 5.75 Å². The maximum atomic E-state index is 12.1. The molecular formula is C18H15ClO4. The minimum Gasteiger partial charge on any atom is -0.479 e. The molecule has 0 aliphatic rings. The topological polar surface area (TPSA) is 63.6 Å². The minimum absolute atomic E-state index is 0.164. The SMILES string of the molecule is CC(Oc1ccc(C(=O)/C=C/c2cccc(Cl)c2)cc1)C(=O)O. The van der Waals surface area contributed by atoms with Crippen LogP contribution in [0.2, 0.25) is 5.02 Å². The molecule has 118 valence electrons. The summed E-state index contributed by atoms with van der Waals surface area (Å²) in [5.74, 6) is -0.812. The largest absolute Gasteiger partial charge is 0.479 e. The van der Waals surface area contributed by atoms with Crippen LogP contribution in [-0.2, 0) is 4.79 Å². The van der Waals surface area contributed by atoms with E-state index in [0.717, 1.165) is 5.56 Å². The fourth-order valence-corrected chi connectivity index (χ4v) is 2.03. The fourth-order valence-electron chi connectivity index (χ4n) is 1.83. The average molecular weight is 331 g/mol. The lowest BCUT2D eigenvalue weighted by molar-refractivity contribution is -0.144. The lowest BCUT2D eigenvalue weighted by Crippen LogP contribution is -2.22. The lowest BCUT2D eigenvalue weighted by Gasteiger charge is -2.10. The number of aliphatic carboxylic acids is 1. The quantitative estimate of drug-likeness (QED) is 0.640. The van der Waals surface area contributed by atoms with Gasteiger partial charge in [-0.3, -0.25) is 4.79 Å². The first-order chi connectivity index (χ1) is 11.0. The van der Waals surface area contributed by atoms with E-state index >= 15 is 0 Å². The Morgan fingerprint density at radius 2 is 1.87 bits per heavy atom. The highest BCUT2D eigenvalue weighted by Gasteiger charge is 2.12. The molecule has 0 saturated heterocycles. The fraction of sp³-hybridized carbons (Fsp3) is 0.111. The van der Waals surface area contributed by atoms with Gasteiger partial charge >= 0.3 is 5.97 Å². The highest BCUT2D eigenvalue weighted by Crippen LogP contribution is 2.16. The van der Waals surface area contributed by atoms with E-state index in [9.17, 15) is 9.59 Å². The van der Waals surface area contributed by atoms with Crippen molar-refractivity contribution in [1.29, 1.82) is 0 Å². The van der Waals surface area contributed by atoms with E-state index in [2.05, 4.69) is 0 Å². The molecule has 2 aromatic rings. The van der Waals surface area contributed by atoms with Crippen LogP contribution in [0.5, 0.6) is 5.75 Å². The van der Waals surface area contributed by atoms with Crippen molar-refractivity contribution in [3.63, 3.8) is 0 Å². The summed E-state index contributed by atoms with van der Waals surface area (Å²) >= 11 is 5.88. The van der Waals surface area contributed by atoms with Gasteiger partial charge in [0.15, 0.2) is 11.9 Å². The number of hydrogen-bond acceptors (Lipinski definition) is 3. The Labute approximate surface area is 139 Å². The Balaban J connectivity index is 2.04. The molecule has 2 rings (SSSR count). The third-order valence-corrected chi connectivity index (χ3v) is 3.31. The number of halogens is 1. The first kappa shape index (κ1) is 16.8. The molecule has 0 aromatic heterocycles. The van der Waals surface area contributed by atoms with Crippen LogP contribution in [0.1, 0.15) is 22.8 Å². The van der Waals surface area contributed by atoms with Gasteiger partial charge < -0.3 is 9.84 Å².